The van der Waals surface area contributed by atoms with Crippen LogP contribution in [-0.4, -0.2) is 23.5 Å². The molecule has 0 aliphatic heterocycles. The van der Waals surface area contributed by atoms with Crippen molar-refractivity contribution >= 4 is 0 Å². The topological polar surface area (TPSA) is 16.1 Å². The number of nitrogens with zero attached hydrogens (tertiary/aromatic N) is 2. The lowest BCUT2D eigenvalue weighted by Gasteiger charge is -2.15. The number of pyridine rings is 1. The highest BCUT2D eigenvalue weighted by Crippen LogP contribution is 2.03. The van der Waals surface area contributed by atoms with Crippen LogP contribution in [0.3, 0.4) is 0 Å². The fraction of sp³-hybridized carbons (Fsp3) is 0.267. The Morgan fingerprint density at radius 2 is 1.76 bits per heavy atom. The van der Waals surface area contributed by atoms with Crippen molar-refractivity contribution in [2.75, 3.05) is 13.6 Å². The van der Waals surface area contributed by atoms with E-state index in [1.807, 2.05) is 18.3 Å². The van der Waals surface area contributed by atoms with Gasteiger partial charge in [-0.15, -0.1) is 0 Å². The normalized spacial score (nSPS) is 10.7. The Balaban J connectivity index is 1.80. The highest BCUT2D eigenvalue weighted by molar-refractivity contribution is 5.14. The second-order valence-electron chi connectivity index (χ2n) is 4.29. The smallest absolute Gasteiger partial charge is 0.0543 e. The minimum atomic E-state index is 0.910. The van der Waals surface area contributed by atoms with E-state index in [2.05, 4.69) is 53.3 Å². The van der Waals surface area contributed by atoms with Crippen LogP contribution in [0.15, 0.2) is 54.7 Å². The fourth-order valence-corrected chi connectivity index (χ4v) is 1.81. The summed E-state index contributed by atoms with van der Waals surface area (Å²) in [5.41, 5.74) is 2.52. The van der Waals surface area contributed by atoms with E-state index in [9.17, 15) is 0 Å². The van der Waals surface area contributed by atoms with E-state index in [1.54, 1.807) is 0 Å². The third-order valence-corrected chi connectivity index (χ3v) is 2.78. The average molecular weight is 226 g/mol. The Labute approximate surface area is 103 Å². The van der Waals surface area contributed by atoms with Gasteiger partial charge in [0, 0.05) is 19.3 Å². The van der Waals surface area contributed by atoms with Gasteiger partial charge in [0.15, 0.2) is 0 Å². The molecule has 0 spiro atoms. The Hall–Kier alpha value is -1.67. The van der Waals surface area contributed by atoms with E-state index in [4.69, 9.17) is 0 Å². The average Bonchev–Trinajstić information content (AvgIpc) is 2.39. The van der Waals surface area contributed by atoms with Gasteiger partial charge in [-0.1, -0.05) is 36.4 Å². The Kier molecular flexibility index (Phi) is 4.28. The molecule has 0 aliphatic carbocycles. The van der Waals surface area contributed by atoms with Crippen molar-refractivity contribution in [1.82, 2.24) is 9.88 Å². The van der Waals surface area contributed by atoms with Crippen LogP contribution < -0.4 is 0 Å². The first-order valence-electron chi connectivity index (χ1n) is 5.97. The van der Waals surface area contributed by atoms with Crippen molar-refractivity contribution in [1.29, 1.82) is 0 Å². The molecule has 0 saturated carbocycles. The van der Waals surface area contributed by atoms with E-state index in [-0.39, 0.29) is 0 Å². The molecule has 2 heteroatoms. The second kappa shape index (κ2) is 6.16. The molecule has 1 heterocycles. The third kappa shape index (κ3) is 4.00. The molecule has 2 aromatic rings. The third-order valence-electron chi connectivity index (χ3n) is 2.78. The van der Waals surface area contributed by atoms with E-state index in [0.717, 1.165) is 25.2 Å². The van der Waals surface area contributed by atoms with Gasteiger partial charge in [0.2, 0.25) is 0 Å². The van der Waals surface area contributed by atoms with Gasteiger partial charge in [0.25, 0.3) is 0 Å². The summed E-state index contributed by atoms with van der Waals surface area (Å²) < 4.78 is 0. The number of benzene rings is 1. The van der Waals surface area contributed by atoms with Crippen LogP contribution in [0.25, 0.3) is 0 Å². The zero-order valence-corrected chi connectivity index (χ0v) is 10.2. The zero-order valence-electron chi connectivity index (χ0n) is 10.2. The molecule has 0 atom stereocenters. The predicted octanol–water partition coefficient (Wildman–Crippen LogP) is 2.76. The number of likely N-dealkylation sites (N-methyl/N-ethyl adjacent to an activating group) is 1. The molecule has 17 heavy (non-hydrogen) atoms. The maximum atomic E-state index is 4.33. The monoisotopic (exact) mass is 226 g/mol. The second-order valence-corrected chi connectivity index (χ2v) is 4.29. The lowest BCUT2D eigenvalue weighted by atomic mass is 10.1. The molecule has 0 bridgehead atoms. The molecule has 88 valence electrons. The molecular formula is C15H18N2. The molecule has 0 amide bonds. The fourth-order valence-electron chi connectivity index (χ4n) is 1.81. The van der Waals surface area contributed by atoms with E-state index in [0.29, 0.717) is 0 Å². The molecule has 0 unspecified atom stereocenters. The van der Waals surface area contributed by atoms with Crippen LogP contribution in [0.4, 0.5) is 0 Å². The highest BCUT2D eigenvalue weighted by atomic mass is 15.1. The molecule has 0 radical (unpaired) electrons. The maximum Gasteiger partial charge on any atom is 0.0543 e. The number of aromatic nitrogens is 1. The van der Waals surface area contributed by atoms with Crippen LogP contribution in [0.1, 0.15) is 11.3 Å². The summed E-state index contributed by atoms with van der Waals surface area (Å²) in [4.78, 5) is 6.63. The van der Waals surface area contributed by atoms with Gasteiger partial charge in [-0.25, -0.2) is 0 Å². The summed E-state index contributed by atoms with van der Waals surface area (Å²) in [6, 6.07) is 16.6. The van der Waals surface area contributed by atoms with Gasteiger partial charge in [-0.3, -0.25) is 4.98 Å². The summed E-state index contributed by atoms with van der Waals surface area (Å²) in [7, 11) is 2.14. The summed E-state index contributed by atoms with van der Waals surface area (Å²) in [6.07, 6.45) is 2.94. The highest BCUT2D eigenvalue weighted by Gasteiger charge is 2.01. The van der Waals surface area contributed by atoms with E-state index in [1.165, 1.54) is 5.56 Å². The van der Waals surface area contributed by atoms with Crippen molar-refractivity contribution in [2.24, 2.45) is 0 Å². The molecule has 0 aliphatic rings. The quantitative estimate of drug-likeness (QED) is 0.779. The molecule has 0 saturated heterocycles. The number of hydrogen-bond acceptors (Lipinski definition) is 2. The van der Waals surface area contributed by atoms with Crippen molar-refractivity contribution in [3.05, 3.63) is 66.0 Å². The first kappa shape index (κ1) is 11.8. The van der Waals surface area contributed by atoms with Gasteiger partial charge < -0.3 is 4.90 Å². The molecule has 0 N–H and O–H groups in total. The Bertz CT molecular complexity index is 425. The summed E-state index contributed by atoms with van der Waals surface area (Å²) in [6.45, 7) is 1.97. The van der Waals surface area contributed by atoms with Gasteiger partial charge in [-0.2, -0.15) is 0 Å². The van der Waals surface area contributed by atoms with Crippen LogP contribution in [0, 0.1) is 0 Å². The van der Waals surface area contributed by atoms with Crippen LogP contribution in [0.5, 0.6) is 0 Å². The van der Waals surface area contributed by atoms with Crippen molar-refractivity contribution in [2.45, 2.75) is 13.0 Å². The summed E-state index contributed by atoms with van der Waals surface area (Å²) in [5.74, 6) is 0. The largest absolute Gasteiger partial charge is 0.300 e. The van der Waals surface area contributed by atoms with Gasteiger partial charge in [0.1, 0.15) is 0 Å². The van der Waals surface area contributed by atoms with Crippen LogP contribution >= 0.6 is 0 Å². The summed E-state index contributed by atoms with van der Waals surface area (Å²) >= 11 is 0. The Morgan fingerprint density at radius 3 is 2.47 bits per heavy atom. The predicted molar refractivity (Wildman–Crippen MR) is 70.7 cm³/mol. The zero-order chi connectivity index (χ0) is 11.9. The Morgan fingerprint density at radius 1 is 1.00 bits per heavy atom. The molecule has 1 aromatic heterocycles. The van der Waals surface area contributed by atoms with Gasteiger partial charge >= 0.3 is 0 Å². The number of rotatable bonds is 5. The lowest BCUT2D eigenvalue weighted by molar-refractivity contribution is 0.327. The van der Waals surface area contributed by atoms with Crippen molar-refractivity contribution in [3.8, 4) is 0 Å². The van der Waals surface area contributed by atoms with Crippen LogP contribution in [0.2, 0.25) is 0 Å². The maximum absolute atomic E-state index is 4.33. The molecule has 2 rings (SSSR count). The molecule has 1 aromatic carbocycles. The van der Waals surface area contributed by atoms with Gasteiger partial charge in [-0.05, 0) is 31.2 Å². The van der Waals surface area contributed by atoms with Gasteiger partial charge in [0.05, 0.1) is 5.69 Å². The first-order valence-corrected chi connectivity index (χ1v) is 5.97. The SMILES string of the molecule is CN(CCc1ccccc1)Cc1ccccn1. The van der Waals surface area contributed by atoms with E-state index < -0.39 is 0 Å². The van der Waals surface area contributed by atoms with E-state index >= 15 is 0 Å². The standard InChI is InChI=1S/C15H18N2/c1-17(13-15-9-5-6-11-16-15)12-10-14-7-3-2-4-8-14/h2-9,11H,10,12-13H2,1H3. The minimum absolute atomic E-state index is 0.910. The minimum Gasteiger partial charge on any atom is -0.300 e. The van der Waals surface area contributed by atoms with Crippen LogP contribution in [-0.2, 0) is 13.0 Å². The molecule has 2 nitrogen and oxygen atoms in total. The lowest BCUT2D eigenvalue weighted by Crippen LogP contribution is -2.21. The first-order chi connectivity index (χ1) is 8.34. The number of hydrogen-bond donors (Lipinski definition) is 0. The van der Waals surface area contributed by atoms with Crippen molar-refractivity contribution < 1.29 is 0 Å². The molecule has 0 fully saturated rings. The summed E-state index contributed by atoms with van der Waals surface area (Å²) in [5, 5.41) is 0. The van der Waals surface area contributed by atoms with Crippen molar-refractivity contribution in [3.63, 3.8) is 0 Å². The molecular weight excluding hydrogens is 208 g/mol.